The van der Waals surface area contributed by atoms with E-state index < -0.39 is 22.0 Å². The van der Waals surface area contributed by atoms with E-state index in [4.69, 9.17) is 5.11 Å². The molecule has 2 N–H and O–H groups in total. The summed E-state index contributed by atoms with van der Waals surface area (Å²) >= 11 is 0. The van der Waals surface area contributed by atoms with E-state index in [0.717, 1.165) is 10.8 Å². The van der Waals surface area contributed by atoms with Gasteiger partial charge in [-0.15, -0.1) is 0 Å². The average molecular weight is 334 g/mol. The van der Waals surface area contributed by atoms with Crippen molar-refractivity contribution in [1.29, 1.82) is 0 Å². The van der Waals surface area contributed by atoms with Gasteiger partial charge in [0, 0.05) is 25.7 Å². The molecule has 1 aliphatic rings. The first-order chi connectivity index (χ1) is 11.0. The summed E-state index contributed by atoms with van der Waals surface area (Å²) in [5.74, 6) is -1.00. The van der Waals surface area contributed by atoms with Crippen molar-refractivity contribution < 1.29 is 18.3 Å². The van der Waals surface area contributed by atoms with Gasteiger partial charge >= 0.3 is 5.97 Å². The molecule has 0 amide bonds. The topological polar surface area (TPSA) is 86.7 Å². The highest BCUT2D eigenvalue weighted by molar-refractivity contribution is 7.89. The SMILES string of the molecule is O=C(O)CC1CNCCN1S(=O)(=O)c1ccc2ccccc2c1. The van der Waals surface area contributed by atoms with E-state index in [9.17, 15) is 13.2 Å². The number of sulfonamides is 1. The van der Waals surface area contributed by atoms with Gasteiger partial charge in [-0.05, 0) is 22.9 Å². The fourth-order valence-corrected chi connectivity index (χ4v) is 4.56. The van der Waals surface area contributed by atoms with Gasteiger partial charge in [0.25, 0.3) is 0 Å². The van der Waals surface area contributed by atoms with Crippen LogP contribution in [0, 0.1) is 0 Å². The molecule has 0 saturated carbocycles. The maximum Gasteiger partial charge on any atom is 0.305 e. The Labute approximate surface area is 134 Å². The van der Waals surface area contributed by atoms with E-state index in [1.54, 1.807) is 18.2 Å². The fraction of sp³-hybridized carbons (Fsp3) is 0.312. The number of carboxylic acids is 1. The number of rotatable bonds is 4. The first-order valence-corrected chi connectivity index (χ1v) is 8.85. The summed E-state index contributed by atoms with van der Waals surface area (Å²) in [5, 5.41) is 13.9. The standard InChI is InChI=1S/C16H18N2O4S/c19-16(20)10-14-11-17-7-8-18(14)23(21,22)15-6-5-12-3-1-2-4-13(12)9-15/h1-6,9,14,17H,7-8,10-11H2,(H,19,20). The van der Waals surface area contributed by atoms with Crippen molar-refractivity contribution in [3.05, 3.63) is 42.5 Å². The first-order valence-electron chi connectivity index (χ1n) is 7.41. The lowest BCUT2D eigenvalue weighted by Gasteiger charge is -2.34. The zero-order valence-corrected chi connectivity index (χ0v) is 13.3. The highest BCUT2D eigenvalue weighted by Crippen LogP contribution is 2.24. The van der Waals surface area contributed by atoms with Gasteiger partial charge in [-0.25, -0.2) is 8.42 Å². The van der Waals surface area contributed by atoms with Crippen LogP contribution in [0.2, 0.25) is 0 Å². The molecule has 6 nitrogen and oxygen atoms in total. The molecule has 1 aliphatic heterocycles. The number of piperazine rings is 1. The second kappa shape index (κ2) is 6.27. The summed E-state index contributed by atoms with van der Waals surface area (Å²) < 4.78 is 27.2. The molecule has 0 radical (unpaired) electrons. The molecule has 0 aliphatic carbocycles. The van der Waals surface area contributed by atoms with E-state index in [-0.39, 0.29) is 17.9 Å². The number of nitrogens with one attached hydrogen (secondary N) is 1. The smallest absolute Gasteiger partial charge is 0.305 e. The van der Waals surface area contributed by atoms with Crippen LogP contribution in [0.5, 0.6) is 0 Å². The minimum atomic E-state index is -3.72. The predicted octanol–water partition coefficient (Wildman–Crippen LogP) is 1.28. The Bertz CT molecular complexity index is 835. The molecule has 2 aromatic carbocycles. The fourth-order valence-electron chi connectivity index (χ4n) is 2.90. The molecule has 7 heteroatoms. The number of nitrogens with zero attached hydrogens (tertiary/aromatic N) is 1. The van der Waals surface area contributed by atoms with Crippen molar-refractivity contribution >= 4 is 26.8 Å². The van der Waals surface area contributed by atoms with Crippen molar-refractivity contribution in [3.8, 4) is 0 Å². The quantitative estimate of drug-likeness (QED) is 0.879. The van der Waals surface area contributed by atoms with Gasteiger partial charge in [0.2, 0.25) is 10.0 Å². The second-order valence-corrected chi connectivity index (χ2v) is 7.47. The highest BCUT2D eigenvalue weighted by atomic mass is 32.2. The van der Waals surface area contributed by atoms with Crippen LogP contribution in [0.15, 0.2) is 47.4 Å². The molecular formula is C16H18N2O4S. The highest BCUT2D eigenvalue weighted by Gasteiger charge is 2.34. The lowest BCUT2D eigenvalue weighted by molar-refractivity contribution is -0.138. The zero-order chi connectivity index (χ0) is 16.4. The van der Waals surface area contributed by atoms with Crippen LogP contribution in [0.1, 0.15) is 6.42 Å². The Morgan fingerprint density at radius 2 is 1.96 bits per heavy atom. The van der Waals surface area contributed by atoms with Crippen LogP contribution >= 0.6 is 0 Å². The number of hydrogen-bond donors (Lipinski definition) is 2. The van der Waals surface area contributed by atoms with Gasteiger partial charge in [-0.3, -0.25) is 4.79 Å². The molecule has 1 unspecified atom stereocenters. The minimum Gasteiger partial charge on any atom is -0.481 e. The number of fused-ring (bicyclic) bond motifs is 1. The van der Waals surface area contributed by atoms with Crippen LogP contribution in [0.4, 0.5) is 0 Å². The van der Waals surface area contributed by atoms with E-state index in [1.807, 2.05) is 24.3 Å². The van der Waals surface area contributed by atoms with Crippen LogP contribution in [-0.2, 0) is 14.8 Å². The van der Waals surface area contributed by atoms with E-state index in [0.29, 0.717) is 13.1 Å². The molecular weight excluding hydrogens is 316 g/mol. The summed E-state index contributed by atoms with van der Waals surface area (Å²) in [6, 6.07) is 12.0. The van der Waals surface area contributed by atoms with Gasteiger partial charge in [0.1, 0.15) is 0 Å². The number of benzene rings is 2. The summed E-state index contributed by atoms with van der Waals surface area (Å²) in [4.78, 5) is 11.2. The largest absolute Gasteiger partial charge is 0.481 e. The maximum atomic E-state index is 12.9. The summed E-state index contributed by atoms with van der Waals surface area (Å²) in [6.45, 7) is 1.13. The van der Waals surface area contributed by atoms with Gasteiger partial charge in [-0.1, -0.05) is 30.3 Å². The van der Waals surface area contributed by atoms with Crippen molar-refractivity contribution in [2.24, 2.45) is 0 Å². The molecule has 0 aromatic heterocycles. The zero-order valence-electron chi connectivity index (χ0n) is 12.5. The van der Waals surface area contributed by atoms with E-state index in [1.165, 1.54) is 4.31 Å². The van der Waals surface area contributed by atoms with Crippen molar-refractivity contribution in [2.75, 3.05) is 19.6 Å². The third kappa shape index (κ3) is 3.21. The number of hydrogen-bond acceptors (Lipinski definition) is 4. The van der Waals surface area contributed by atoms with Gasteiger partial charge in [0.15, 0.2) is 0 Å². The number of carbonyl (C=O) groups is 1. The Hall–Kier alpha value is -1.96. The predicted molar refractivity (Wildman–Crippen MR) is 86.8 cm³/mol. The lowest BCUT2D eigenvalue weighted by atomic mass is 10.1. The molecule has 1 heterocycles. The lowest BCUT2D eigenvalue weighted by Crippen LogP contribution is -2.54. The monoisotopic (exact) mass is 334 g/mol. The molecule has 1 atom stereocenters. The van der Waals surface area contributed by atoms with Gasteiger partial charge in [-0.2, -0.15) is 4.31 Å². The van der Waals surface area contributed by atoms with Crippen molar-refractivity contribution in [1.82, 2.24) is 9.62 Å². The first kappa shape index (κ1) is 15.9. The van der Waals surface area contributed by atoms with Crippen LogP contribution in [-0.4, -0.2) is 49.5 Å². The van der Waals surface area contributed by atoms with Crippen LogP contribution in [0.25, 0.3) is 10.8 Å². The van der Waals surface area contributed by atoms with E-state index in [2.05, 4.69) is 5.32 Å². The van der Waals surface area contributed by atoms with Gasteiger partial charge < -0.3 is 10.4 Å². The van der Waals surface area contributed by atoms with Crippen molar-refractivity contribution in [3.63, 3.8) is 0 Å². The number of carboxylic acid groups (broad SMARTS) is 1. The Kier molecular flexibility index (Phi) is 4.34. The summed E-state index contributed by atoms with van der Waals surface area (Å²) in [5.41, 5.74) is 0. The molecule has 3 rings (SSSR count). The van der Waals surface area contributed by atoms with Crippen molar-refractivity contribution in [2.45, 2.75) is 17.4 Å². The summed E-state index contributed by atoms with van der Waals surface area (Å²) in [6.07, 6.45) is -0.209. The Balaban J connectivity index is 1.98. The number of aliphatic carboxylic acids is 1. The molecule has 1 saturated heterocycles. The average Bonchev–Trinajstić information content (AvgIpc) is 2.54. The third-order valence-electron chi connectivity index (χ3n) is 4.03. The maximum absolute atomic E-state index is 12.9. The van der Waals surface area contributed by atoms with Crippen LogP contribution in [0.3, 0.4) is 0 Å². The minimum absolute atomic E-state index is 0.202. The Morgan fingerprint density at radius 1 is 1.22 bits per heavy atom. The normalized spacial score (nSPS) is 19.7. The third-order valence-corrected chi connectivity index (χ3v) is 5.98. The molecule has 122 valence electrons. The van der Waals surface area contributed by atoms with E-state index >= 15 is 0 Å². The molecule has 0 spiro atoms. The molecule has 1 fully saturated rings. The molecule has 23 heavy (non-hydrogen) atoms. The van der Waals surface area contributed by atoms with Crippen LogP contribution < -0.4 is 5.32 Å². The van der Waals surface area contributed by atoms with Gasteiger partial charge in [0.05, 0.1) is 11.3 Å². The molecule has 2 aromatic rings. The molecule has 0 bridgehead atoms. The summed E-state index contributed by atoms with van der Waals surface area (Å²) in [7, 11) is -3.72. The Morgan fingerprint density at radius 3 is 2.70 bits per heavy atom. The second-order valence-electron chi connectivity index (χ2n) is 5.58.